The SMILES string of the molecule is COc1ccc(CNCC(OC)OC)c(OC)c1OC. The van der Waals surface area contributed by atoms with Crippen LogP contribution in [-0.2, 0) is 16.0 Å². The normalized spacial score (nSPS) is 10.7. The Hall–Kier alpha value is -1.50. The smallest absolute Gasteiger partial charge is 0.203 e. The maximum Gasteiger partial charge on any atom is 0.203 e. The lowest BCUT2D eigenvalue weighted by Gasteiger charge is -2.17. The molecular formula is C14H23NO5. The van der Waals surface area contributed by atoms with E-state index in [1.807, 2.05) is 12.1 Å². The molecule has 0 saturated carbocycles. The van der Waals surface area contributed by atoms with Gasteiger partial charge in [-0.25, -0.2) is 0 Å². The summed E-state index contributed by atoms with van der Waals surface area (Å²) in [5.41, 5.74) is 0.969. The van der Waals surface area contributed by atoms with Crippen molar-refractivity contribution in [3.63, 3.8) is 0 Å². The molecular weight excluding hydrogens is 262 g/mol. The molecule has 6 heteroatoms. The highest BCUT2D eigenvalue weighted by Gasteiger charge is 2.15. The Bertz CT molecular complexity index is 407. The Morgan fingerprint density at radius 3 is 2.05 bits per heavy atom. The van der Waals surface area contributed by atoms with E-state index in [1.165, 1.54) is 0 Å². The molecule has 0 fully saturated rings. The summed E-state index contributed by atoms with van der Waals surface area (Å²) in [5, 5.41) is 3.24. The Kier molecular flexibility index (Phi) is 7.14. The molecule has 0 saturated heterocycles. The Labute approximate surface area is 119 Å². The fourth-order valence-electron chi connectivity index (χ4n) is 1.89. The monoisotopic (exact) mass is 285 g/mol. The first-order valence-corrected chi connectivity index (χ1v) is 6.25. The van der Waals surface area contributed by atoms with Crippen LogP contribution in [0.5, 0.6) is 17.2 Å². The molecule has 0 aliphatic heterocycles. The lowest BCUT2D eigenvalue weighted by molar-refractivity contribution is -0.0989. The van der Waals surface area contributed by atoms with Crippen LogP contribution in [0.15, 0.2) is 12.1 Å². The van der Waals surface area contributed by atoms with E-state index in [2.05, 4.69) is 5.32 Å². The molecule has 20 heavy (non-hydrogen) atoms. The van der Waals surface area contributed by atoms with E-state index in [4.69, 9.17) is 23.7 Å². The summed E-state index contributed by atoms with van der Waals surface area (Å²) < 4.78 is 26.2. The van der Waals surface area contributed by atoms with Gasteiger partial charge in [-0.3, -0.25) is 0 Å². The van der Waals surface area contributed by atoms with Gasteiger partial charge in [0.2, 0.25) is 5.75 Å². The van der Waals surface area contributed by atoms with Gasteiger partial charge in [0.25, 0.3) is 0 Å². The molecule has 114 valence electrons. The number of methoxy groups -OCH3 is 5. The summed E-state index contributed by atoms with van der Waals surface area (Å²) in [7, 11) is 7.99. The summed E-state index contributed by atoms with van der Waals surface area (Å²) in [6.07, 6.45) is -0.277. The van der Waals surface area contributed by atoms with Gasteiger partial charge < -0.3 is 29.0 Å². The van der Waals surface area contributed by atoms with Crippen molar-refractivity contribution in [1.82, 2.24) is 5.32 Å². The van der Waals surface area contributed by atoms with Crippen molar-refractivity contribution < 1.29 is 23.7 Å². The minimum absolute atomic E-state index is 0.277. The molecule has 0 unspecified atom stereocenters. The van der Waals surface area contributed by atoms with Crippen LogP contribution >= 0.6 is 0 Å². The van der Waals surface area contributed by atoms with E-state index in [9.17, 15) is 0 Å². The van der Waals surface area contributed by atoms with Gasteiger partial charge in [0, 0.05) is 32.9 Å². The fourth-order valence-corrected chi connectivity index (χ4v) is 1.89. The van der Waals surface area contributed by atoms with Crippen molar-refractivity contribution in [3.8, 4) is 17.2 Å². The molecule has 0 bridgehead atoms. The van der Waals surface area contributed by atoms with Crippen LogP contribution in [0, 0.1) is 0 Å². The number of rotatable bonds is 9. The predicted molar refractivity (Wildman–Crippen MR) is 75.6 cm³/mol. The highest BCUT2D eigenvalue weighted by Crippen LogP contribution is 2.39. The van der Waals surface area contributed by atoms with E-state index in [0.717, 1.165) is 5.56 Å². The molecule has 1 rings (SSSR count). The predicted octanol–water partition coefficient (Wildman–Crippen LogP) is 1.42. The zero-order valence-electron chi connectivity index (χ0n) is 12.7. The van der Waals surface area contributed by atoms with Gasteiger partial charge in [-0.15, -0.1) is 0 Å². The average Bonchev–Trinajstić information content (AvgIpc) is 2.50. The second-order valence-corrected chi connectivity index (χ2v) is 4.03. The molecule has 1 N–H and O–H groups in total. The van der Waals surface area contributed by atoms with Crippen molar-refractivity contribution in [1.29, 1.82) is 0 Å². The van der Waals surface area contributed by atoms with Gasteiger partial charge in [-0.05, 0) is 6.07 Å². The number of benzene rings is 1. The molecule has 0 aromatic heterocycles. The fraction of sp³-hybridized carbons (Fsp3) is 0.571. The third kappa shape index (κ3) is 4.00. The van der Waals surface area contributed by atoms with E-state index in [1.54, 1.807) is 35.5 Å². The number of ether oxygens (including phenoxy) is 5. The first-order chi connectivity index (χ1) is 9.71. The lowest BCUT2D eigenvalue weighted by Crippen LogP contribution is -2.29. The molecule has 0 aliphatic rings. The summed E-state index contributed by atoms with van der Waals surface area (Å²) in [6, 6.07) is 3.78. The van der Waals surface area contributed by atoms with Crippen molar-refractivity contribution in [2.75, 3.05) is 42.1 Å². The molecule has 1 aromatic rings. The van der Waals surface area contributed by atoms with Gasteiger partial charge in [-0.2, -0.15) is 0 Å². The van der Waals surface area contributed by atoms with Crippen molar-refractivity contribution in [2.24, 2.45) is 0 Å². The van der Waals surface area contributed by atoms with Crippen molar-refractivity contribution in [3.05, 3.63) is 17.7 Å². The Morgan fingerprint density at radius 1 is 0.900 bits per heavy atom. The molecule has 6 nitrogen and oxygen atoms in total. The molecule has 0 amide bonds. The second-order valence-electron chi connectivity index (χ2n) is 4.03. The van der Waals surface area contributed by atoms with Gasteiger partial charge in [0.05, 0.1) is 21.3 Å². The summed E-state index contributed by atoms with van der Waals surface area (Å²) >= 11 is 0. The third-order valence-electron chi connectivity index (χ3n) is 2.94. The van der Waals surface area contributed by atoms with E-state index in [-0.39, 0.29) is 6.29 Å². The highest BCUT2D eigenvalue weighted by molar-refractivity contribution is 5.55. The van der Waals surface area contributed by atoms with Crippen LogP contribution in [0.4, 0.5) is 0 Å². The number of hydrogen-bond donors (Lipinski definition) is 1. The summed E-state index contributed by atoms with van der Waals surface area (Å²) in [5.74, 6) is 1.88. The molecule has 0 radical (unpaired) electrons. The molecule has 0 heterocycles. The number of hydrogen-bond acceptors (Lipinski definition) is 6. The van der Waals surface area contributed by atoms with E-state index < -0.39 is 0 Å². The van der Waals surface area contributed by atoms with Gasteiger partial charge in [-0.1, -0.05) is 6.07 Å². The van der Waals surface area contributed by atoms with Crippen LogP contribution < -0.4 is 19.5 Å². The van der Waals surface area contributed by atoms with Crippen LogP contribution in [0.2, 0.25) is 0 Å². The second kappa shape index (κ2) is 8.63. The van der Waals surface area contributed by atoms with Crippen molar-refractivity contribution >= 4 is 0 Å². The Balaban J connectivity index is 2.79. The molecule has 1 aromatic carbocycles. The maximum atomic E-state index is 5.41. The average molecular weight is 285 g/mol. The first kappa shape index (κ1) is 16.6. The van der Waals surface area contributed by atoms with E-state index in [0.29, 0.717) is 30.3 Å². The van der Waals surface area contributed by atoms with Crippen molar-refractivity contribution in [2.45, 2.75) is 12.8 Å². The minimum Gasteiger partial charge on any atom is -0.493 e. The zero-order chi connectivity index (χ0) is 15.0. The molecule has 0 spiro atoms. The first-order valence-electron chi connectivity index (χ1n) is 6.25. The lowest BCUT2D eigenvalue weighted by atomic mass is 10.1. The molecule has 0 atom stereocenters. The van der Waals surface area contributed by atoms with Gasteiger partial charge in [0.1, 0.15) is 0 Å². The maximum absolute atomic E-state index is 5.41. The molecule has 0 aliphatic carbocycles. The highest BCUT2D eigenvalue weighted by atomic mass is 16.7. The van der Waals surface area contributed by atoms with Gasteiger partial charge in [0.15, 0.2) is 17.8 Å². The van der Waals surface area contributed by atoms with E-state index >= 15 is 0 Å². The summed E-state index contributed by atoms with van der Waals surface area (Å²) in [6.45, 7) is 1.18. The van der Waals surface area contributed by atoms with Gasteiger partial charge >= 0.3 is 0 Å². The minimum atomic E-state index is -0.277. The standard InChI is InChI=1S/C14H23NO5/c1-16-11-7-6-10(13(19-4)14(11)20-5)8-15-9-12(17-2)18-3/h6-7,12,15H,8-9H2,1-5H3. The third-order valence-corrected chi connectivity index (χ3v) is 2.94. The van der Waals surface area contributed by atoms with Crippen LogP contribution in [-0.4, -0.2) is 48.4 Å². The zero-order valence-corrected chi connectivity index (χ0v) is 12.7. The topological polar surface area (TPSA) is 58.2 Å². The quantitative estimate of drug-likeness (QED) is 0.693. The Morgan fingerprint density at radius 2 is 1.55 bits per heavy atom. The summed E-state index contributed by atoms with van der Waals surface area (Å²) in [4.78, 5) is 0. The van der Waals surface area contributed by atoms with Crippen LogP contribution in [0.1, 0.15) is 5.56 Å². The van der Waals surface area contributed by atoms with Crippen LogP contribution in [0.25, 0.3) is 0 Å². The number of nitrogens with one attached hydrogen (secondary N) is 1. The van der Waals surface area contributed by atoms with Crippen LogP contribution in [0.3, 0.4) is 0 Å². The largest absolute Gasteiger partial charge is 0.493 e.